The first-order chi connectivity index (χ1) is 5.63. The minimum atomic E-state index is -0.607. The highest BCUT2D eigenvalue weighted by atomic mass is 35.5. The van der Waals surface area contributed by atoms with Crippen molar-refractivity contribution in [3.63, 3.8) is 0 Å². The molecule has 0 aliphatic heterocycles. The zero-order valence-electron chi connectivity index (χ0n) is 6.74. The molecule has 0 aliphatic carbocycles. The van der Waals surface area contributed by atoms with Crippen LogP contribution < -0.4 is 5.73 Å². The van der Waals surface area contributed by atoms with E-state index in [0.29, 0.717) is 5.02 Å². The third-order valence-corrected chi connectivity index (χ3v) is 2.00. The lowest BCUT2D eigenvalue weighted by Crippen LogP contribution is -2.23. The third kappa shape index (κ3) is 1.94. The van der Waals surface area contributed by atoms with Gasteiger partial charge in [-0.15, -0.1) is 0 Å². The molecule has 0 aliphatic rings. The van der Waals surface area contributed by atoms with Crippen LogP contribution in [-0.4, -0.2) is 16.2 Å². The molecule has 0 saturated heterocycles. The molecule has 3 N–H and O–H groups in total. The van der Waals surface area contributed by atoms with Gasteiger partial charge in [-0.3, -0.25) is 4.98 Å². The van der Waals surface area contributed by atoms with E-state index in [9.17, 15) is 5.11 Å². The first-order valence-electron chi connectivity index (χ1n) is 3.66. The number of nitrogens with two attached hydrogens (primary N) is 1. The largest absolute Gasteiger partial charge is 0.391 e. The standard InChI is InChI=1S/C8H11ClN2O/c1-5(12)8(10)6-2-3-11-4-7(6)9/h2-5,8,12H,10H2,1H3. The number of rotatable bonds is 2. The fourth-order valence-electron chi connectivity index (χ4n) is 0.916. The Morgan fingerprint density at radius 1 is 1.67 bits per heavy atom. The number of pyridine rings is 1. The molecule has 0 spiro atoms. The lowest BCUT2D eigenvalue weighted by atomic mass is 10.1. The van der Waals surface area contributed by atoms with Crippen LogP contribution >= 0.6 is 11.6 Å². The predicted molar refractivity (Wildman–Crippen MR) is 47.9 cm³/mol. The summed E-state index contributed by atoms with van der Waals surface area (Å²) in [4.78, 5) is 3.82. The third-order valence-electron chi connectivity index (χ3n) is 1.68. The van der Waals surface area contributed by atoms with Crippen molar-refractivity contribution in [2.24, 2.45) is 5.73 Å². The van der Waals surface area contributed by atoms with Gasteiger partial charge in [0.1, 0.15) is 0 Å². The molecule has 1 heterocycles. The van der Waals surface area contributed by atoms with Gasteiger partial charge in [-0.1, -0.05) is 11.6 Å². The smallest absolute Gasteiger partial charge is 0.0705 e. The van der Waals surface area contributed by atoms with Gasteiger partial charge in [0, 0.05) is 12.4 Å². The van der Waals surface area contributed by atoms with E-state index in [1.54, 1.807) is 19.2 Å². The summed E-state index contributed by atoms with van der Waals surface area (Å²) in [5.74, 6) is 0. The fraction of sp³-hybridized carbons (Fsp3) is 0.375. The van der Waals surface area contributed by atoms with E-state index in [-0.39, 0.29) is 0 Å². The number of hydrogen-bond donors (Lipinski definition) is 2. The minimum Gasteiger partial charge on any atom is -0.391 e. The molecular formula is C8H11ClN2O. The highest BCUT2D eigenvalue weighted by Gasteiger charge is 2.14. The molecule has 4 heteroatoms. The molecule has 0 bridgehead atoms. The summed E-state index contributed by atoms with van der Waals surface area (Å²) in [6, 6.07) is 1.26. The quantitative estimate of drug-likeness (QED) is 0.728. The normalized spacial score (nSPS) is 15.7. The van der Waals surface area contributed by atoms with Crippen molar-refractivity contribution >= 4 is 11.6 Å². The summed E-state index contributed by atoms with van der Waals surface area (Å²) in [5, 5.41) is 9.69. The molecule has 66 valence electrons. The molecule has 2 unspecified atom stereocenters. The van der Waals surface area contributed by atoms with Crippen molar-refractivity contribution in [2.45, 2.75) is 19.1 Å². The van der Waals surface area contributed by atoms with E-state index in [4.69, 9.17) is 17.3 Å². The fourth-order valence-corrected chi connectivity index (χ4v) is 1.16. The van der Waals surface area contributed by atoms with E-state index in [1.807, 2.05) is 0 Å². The van der Waals surface area contributed by atoms with Crippen LogP contribution in [0.3, 0.4) is 0 Å². The second-order valence-electron chi connectivity index (χ2n) is 2.66. The zero-order chi connectivity index (χ0) is 9.14. The number of aliphatic hydroxyl groups excluding tert-OH is 1. The zero-order valence-corrected chi connectivity index (χ0v) is 7.49. The summed E-state index contributed by atoms with van der Waals surface area (Å²) >= 11 is 5.81. The van der Waals surface area contributed by atoms with E-state index < -0.39 is 12.1 Å². The van der Waals surface area contributed by atoms with Gasteiger partial charge in [0.05, 0.1) is 17.2 Å². The number of halogens is 1. The summed E-state index contributed by atoms with van der Waals surface area (Å²) in [6.07, 6.45) is 2.51. The lowest BCUT2D eigenvalue weighted by Gasteiger charge is -2.15. The Kier molecular flexibility index (Phi) is 3.03. The van der Waals surface area contributed by atoms with E-state index in [1.165, 1.54) is 6.20 Å². The van der Waals surface area contributed by atoms with Gasteiger partial charge in [0.25, 0.3) is 0 Å². The maximum absolute atomic E-state index is 9.19. The summed E-state index contributed by atoms with van der Waals surface area (Å²) in [6.45, 7) is 1.63. The van der Waals surface area contributed by atoms with Crippen LogP contribution in [0.25, 0.3) is 0 Å². The Hall–Kier alpha value is -0.640. The molecule has 0 saturated carbocycles. The van der Waals surface area contributed by atoms with Gasteiger partial charge < -0.3 is 10.8 Å². The van der Waals surface area contributed by atoms with Crippen LogP contribution in [-0.2, 0) is 0 Å². The average molecular weight is 187 g/mol. The molecule has 12 heavy (non-hydrogen) atoms. The molecule has 0 amide bonds. The molecule has 1 aromatic rings. The summed E-state index contributed by atoms with van der Waals surface area (Å²) in [7, 11) is 0. The van der Waals surface area contributed by atoms with Gasteiger partial charge in [0.2, 0.25) is 0 Å². The molecule has 0 radical (unpaired) electrons. The Morgan fingerprint density at radius 2 is 2.33 bits per heavy atom. The second-order valence-corrected chi connectivity index (χ2v) is 3.07. The van der Waals surface area contributed by atoms with Gasteiger partial charge in [-0.2, -0.15) is 0 Å². The van der Waals surface area contributed by atoms with Gasteiger partial charge in [0.15, 0.2) is 0 Å². The Bertz CT molecular complexity index is 265. The molecule has 3 nitrogen and oxygen atoms in total. The number of nitrogens with zero attached hydrogens (tertiary/aromatic N) is 1. The van der Waals surface area contributed by atoms with Crippen molar-refractivity contribution in [2.75, 3.05) is 0 Å². The van der Waals surface area contributed by atoms with Gasteiger partial charge in [-0.25, -0.2) is 0 Å². The van der Waals surface area contributed by atoms with Crippen LogP contribution in [0.2, 0.25) is 5.02 Å². The molecule has 0 fully saturated rings. The Balaban J connectivity index is 2.94. The number of hydrogen-bond acceptors (Lipinski definition) is 3. The molecular weight excluding hydrogens is 176 g/mol. The van der Waals surface area contributed by atoms with E-state index in [2.05, 4.69) is 4.98 Å². The van der Waals surface area contributed by atoms with E-state index in [0.717, 1.165) is 5.56 Å². The Morgan fingerprint density at radius 3 is 2.83 bits per heavy atom. The maximum atomic E-state index is 9.19. The first kappa shape index (κ1) is 9.45. The first-order valence-corrected chi connectivity index (χ1v) is 4.03. The molecule has 1 rings (SSSR count). The summed E-state index contributed by atoms with van der Waals surface area (Å²) < 4.78 is 0. The minimum absolute atomic E-state index is 0.444. The van der Waals surface area contributed by atoms with Gasteiger partial charge in [-0.05, 0) is 18.6 Å². The number of aliphatic hydroxyl groups is 1. The van der Waals surface area contributed by atoms with Crippen LogP contribution in [0.1, 0.15) is 18.5 Å². The average Bonchev–Trinajstić information content (AvgIpc) is 2.04. The van der Waals surface area contributed by atoms with E-state index >= 15 is 0 Å². The van der Waals surface area contributed by atoms with Crippen molar-refractivity contribution in [1.82, 2.24) is 4.98 Å². The van der Waals surface area contributed by atoms with Crippen LogP contribution in [0.4, 0.5) is 0 Å². The number of aromatic nitrogens is 1. The van der Waals surface area contributed by atoms with Gasteiger partial charge >= 0.3 is 0 Å². The monoisotopic (exact) mass is 186 g/mol. The second kappa shape index (κ2) is 3.85. The van der Waals surface area contributed by atoms with Crippen molar-refractivity contribution in [3.05, 3.63) is 29.0 Å². The van der Waals surface area contributed by atoms with Crippen LogP contribution in [0.15, 0.2) is 18.5 Å². The maximum Gasteiger partial charge on any atom is 0.0705 e. The lowest BCUT2D eigenvalue weighted by molar-refractivity contribution is 0.164. The van der Waals surface area contributed by atoms with Crippen molar-refractivity contribution in [3.8, 4) is 0 Å². The van der Waals surface area contributed by atoms with Crippen molar-refractivity contribution < 1.29 is 5.11 Å². The van der Waals surface area contributed by atoms with Crippen LogP contribution in [0, 0.1) is 0 Å². The van der Waals surface area contributed by atoms with Crippen LogP contribution in [0.5, 0.6) is 0 Å². The van der Waals surface area contributed by atoms with Crippen molar-refractivity contribution in [1.29, 1.82) is 0 Å². The molecule has 2 atom stereocenters. The molecule has 1 aromatic heterocycles. The highest BCUT2D eigenvalue weighted by Crippen LogP contribution is 2.21. The SMILES string of the molecule is CC(O)C(N)c1ccncc1Cl. The Labute approximate surface area is 76.2 Å². The molecule has 0 aromatic carbocycles. The predicted octanol–water partition coefficient (Wildman–Crippen LogP) is 1.12. The highest BCUT2D eigenvalue weighted by molar-refractivity contribution is 6.31. The topological polar surface area (TPSA) is 59.1 Å². The summed E-state index contributed by atoms with van der Waals surface area (Å²) in [5.41, 5.74) is 6.40.